The van der Waals surface area contributed by atoms with Crippen molar-refractivity contribution in [3.05, 3.63) is 24.0 Å². The molecule has 0 amide bonds. The van der Waals surface area contributed by atoms with Gasteiger partial charge in [-0.25, -0.2) is 4.39 Å². The first-order chi connectivity index (χ1) is 9.97. The van der Waals surface area contributed by atoms with Gasteiger partial charge in [0.25, 0.3) is 0 Å². The highest BCUT2D eigenvalue weighted by Crippen LogP contribution is 2.14. The van der Waals surface area contributed by atoms with Crippen LogP contribution in [0.1, 0.15) is 13.8 Å². The zero-order valence-electron chi connectivity index (χ0n) is 12.3. The number of morpholine rings is 1. The van der Waals surface area contributed by atoms with E-state index in [0.29, 0.717) is 12.6 Å². The molecule has 0 saturated carbocycles. The van der Waals surface area contributed by atoms with Crippen molar-refractivity contribution >= 4 is 12.6 Å². The summed E-state index contributed by atoms with van der Waals surface area (Å²) >= 11 is 0. The number of hydrogen-bond acceptors (Lipinski definition) is 5. The van der Waals surface area contributed by atoms with Crippen LogP contribution in [0.3, 0.4) is 0 Å². The lowest BCUT2D eigenvalue weighted by molar-refractivity contribution is -0.0563. The van der Waals surface area contributed by atoms with Gasteiger partial charge in [-0.15, -0.1) is 0 Å². The normalized spacial score (nSPS) is 19.8. The standard InChI is InChI=1S/C14H21BFNO4/c1-10(2)17-5-6-20-12(8-17)9-21-14-7-11(16)3-4-13(14)15(18)19/h3-4,7,10,12,18-19H,5-6,8-9H2,1-2H3. The van der Waals surface area contributed by atoms with Crippen LogP contribution in [0.15, 0.2) is 18.2 Å². The van der Waals surface area contributed by atoms with E-state index in [1.807, 2.05) is 0 Å². The Morgan fingerprint density at radius 1 is 1.48 bits per heavy atom. The number of rotatable bonds is 5. The van der Waals surface area contributed by atoms with E-state index in [4.69, 9.17) is 9.47 Å². The summed E-state index contributed by atoms with van der Waals surface area (Å²) in [6.07, 6.45) is -0.117. The predicted molar refractivity (Wildman–Crippen MR) is 78.2 cm³/mol. The largest absolute Gasteiger partial charge is 0.492 e. The van der Waals surface area contributed by atoms with Crippen LogP contribution < -0.4 is 10.2 Å². The highest BCUT2D eigenvalue weighted by molar-refractivity contribution is 6.59. The Morgan fingerprint density at radius 3 is 2.90 bits per heavy atom. The van der Waals surface area contributed by atoms with E-state index < -0.39 is 12.9 Å². The average molecular weight is 297 g/mol. The van der Waals surface area contributed by atoms with Gasteiger partial charge in [-0.3, -0.25) is 4.90 Å². The molecule has 0 radical (unpaired) electrons. The van der Waals surface area contributed by atoms with Crippen LogP contribution >= 0.6 is 0 Å². The molecule has 1 atom stereocenters. The molecule has 1 fully saturated rings. The molecule has 1 aromatic carbocycles. The van der Waals surface area contributed by atoms with Gasteiger partial charge < -0.3 is 19.5 Å². The molecule has 2 rings (SSSR count). The minimum absolute atomic E-state index is 0.117. The summed E-state index contributed by atoms with van der Waals surface area (Å²) in [5, 5.41) is 18.5. The van der Waals surface area contributed by atoms with E-state index >= 15 is 0 Å². The molecule has 0 aromatic heterocycles. The average Bonchev–Trinajstić information content (AvgIpc) is 2.45. The maximum Gasteiger partial charge on any atom is 0.492 e. The zero-order valence-corrected chi connectivity index (χ0v) is 12.3. The van der Waals surface area contributed by atoms with Crippen molar-refractivity contribution < 1.29 is 23.9 Å². The molecule has 21 heavy (non-hydrogen) atoms. The first-order valence-corrected chi connectivity index (χ1v) is 7.11. The van der Waals surface area contributed by atoms with Gasteiger partial charge in [0.05, 0.1) is 6.61 Å². The van der Waals surface area contributed by atoms with Gasteiger partial charge in [0.1, 0.15) is 24.3 Å². The van der Waals surface area contributed by atoms with Gasteiger partial charge in [-0.1, -0.05) is 6.07 Å². The number of nitrogens with zero attached hydrogens (tertiary/aromatic N) is 1. The third kappa shape index (κ3) is 4.41. The molecule has 7 heteroatoms. The molecular formula is C14H21BFNO4. The Balaban J connectivity index is 1.98. The molecule has 5 nitrogen and oxygen atoms in total. The van der Waals surface area contributed by atoms with E-state index in [1.54, 1.807) is 0 Å². The number of halogens is 1. The van der Waals surface area contributed by atoms with Gasteiger partial charge in [-0.05, 0) is 19.9 Å². The minimum Gasteiger partial charge on any atom is -0.491 e. The molecule has 1 heterocycles. The van der Waals surface area contributed by atoms with Crippen LogP contribution in [0.5, 0.6) is 5.75 Å². The fourth-order valence-corrected chi connectivity index (χ4v) is 2.34. The lowest BCUT2D eigenvalue weighted by atomic mass is 9.79. The van der Waals surface area contributed by atoms with Crippen molar-refractivity contribution in [2.45, 2.75) is 26.0 Å². The fourth-order valence-electron chi connectivity index (χ4n) is 2.34. The zero-order chi connectivity index (χ0) is 15.4. The Labute approximate surface area is 124 Å². The molecule has 1 aliphatic heterocycles. The fraction of sp³-hybridized carbons (Fsp3) is 0.571. The third-order valence-corrected chi connectivity index (χ3v) is 3.58. The van der Waals surface area contributed by atoms with Crippen molar-refractivity contribution in [2.75, 3.05) is 26.3 Å². The molecule has 0 aliphatic carbocycles. The first-order valence-electron chi connectivity index (χ1n) is 7.11. The molecule has 2 N–H and O–H groups in total. The van der Waals surface area contributed by atoms with Gasteiger partial charge in [0, 0.05) is 30.7 Å². The predicted octanol–water partition coefficient (Wildman–Crippen LogP) is -0.00650. The maximum absolute atomic E-state index is 13.3. The first kappa shape index (κ1) is 16.2. The molecule has 116 valence electrons. The summed E-state index contributed by atoms with van der Waals surface area (Å²) < 4.78 is 24.4. The smallest absolute Gasteiger partial charge is 0.491 e. The van der Waals surface area contributed by atoms with Crippen molar-refractivity contribution in [2.24, 2.45) is 0 Å². The van der Waals surface area contributed by atoms with Crippen LogP contribution in [0.4, 0.5) is 4.39 Å². The Bertz CT molecular complexity index is 472. The topological polar surface area (TPSA) is 62.2 Å². The molecule has 1 aliphatic rings. The Morgan fingerprint density at radius 2 is 2.24 bits per heavy atom. The molecule has 0 bridgehead atoms. The molecule has 1 saturated heterocycles. The van der Waals surface area contributed by atoms with Gasteiger partial charge >= 0.3 is 7.12 Å². The van der Waals surface area contributed by atoms with E-state index in [2.05, 4.69) is 18.7 Å². The summed E-state index contributed by atoms with van der Waals surface area (Å²) in [7, 11) is -1.69. The number of ether oxygens (including phenoxy) is 2. The number of benzene rings is 1. The second kappa shape index (κ2) is 7.22. The second-order valence-electron chi connectivity index (χ2n) is 5.45. The van der Waals surface area contributed by atoms with Crippen LogP contribution in [0, 0.1) is 5.82 Å². The van der Waals surface area contributed by atoms with Crippen molar-refractivity contribution in [3.8, 4) is 5.75 Å². The summed E-state index contributed by atoms with van der Waals surface area (Å²) in [4.78, 5) is 2.28. The van der Waals surface area contributed by atoms with E-state index in [1.165, 1.54) is 12.1 Å². The van der Waals surface area contributed by atoms with Crippen LogP contribution in [0.25, 0.3) is 0 Å². The molecule has 0 spiro atoms. The Kier molecular flexibility index (Phi) is 5.58. The van der Waals surface area contributed by atoms with Gasteiger partial charge in [-0.2, -0.15) is 0 Å². The molecule has 1 aromatic rings. The van der Waals surface area contributed by atoms with E-state index in [9.17, 15) is 14.4 Å². The quantitative estimate of drug-likeness (QED) is 0.749. The minimum atomic E-state index is -1.69. The summed E-state index contributed by atoms with van der Waals surface area (Å²) in [5.74, 6) is -0.349. The van der Waals surface area contributed by atoms with Crippen molar-refractivity contribution in [1.82, 2.24) is 4.90 Å². The highest BCUT2D eigenvalue weighted by atomic mass is 19.1. The SMILES string of the molecule is CC(C)N1CCOC(COc2cc(F)ccc2B(O)O)C1. The number of hydrogen-bond donors (Lipinski definition) is 2. The van der Waals surface area contributed by atoms with Gasteiger partial charge in [0.15, 0.2) is 0 Å². The monoisotopic (exact) mass is 297 g/mol. The lowest BCUT2D eigenvalue weighted by Gasteiger charge is -2.35. The van der Waals surface area contributed by atoms with Crippen LogP contribution in [-0.2, 0) is 4.74 Å². The van der Waals surface area contributed by atoms with Gasteiger partial charge in [0.2, 0.25) is 0 Å². The van der Waals surface area contributed by atoms with E-state index in [0.717, 1.165) is 19.2 Å². The van der Waals surface area contributed by atoms with Crippen LogP contribution in [0.2, 0.25) is 0 Å². The lowest BCUT2D eigenvalue weighted by Crippen LogP contribution is -2.48. The third-order valence-electron chi connectivity index (χ3n) is 3.58. The van der Waals surface area contributed by atoms with Crippen LogP contribution in [-0.4, -0.2) is 60.5 Å². The summed E-state index contributed by atoms with van der Waals surface area (Å²) in [6.45, 7) is 6.74. The highest BCUT2D eigenvalue weighted by Gasteiger charge is 2.24. The summed E-state index contributed by atoms with van der Waals surface area (Å²) in [5.41, 5.74) is 0.146. The maximum atomic E-state index is 13.3. The van der Waals surface area contributed by atoms with Crippen molar-refractivity contribution in [1.29, 1.82) is 0 Å². The Hall–Kier alpha value is -1.15. The second-order valence-corrected chi connectivity index (χ2v) is 5.45. The van der Waals surface area contributed by atoms with Crippen molar-refractivity contribution in [3.63, 3.8) is 0 Å². The molecule has 1 unspecified atom stereocenters. The molecular weight excluding hydrogens is 276 g/mol. The van der Waals surface area contributed by atoms with E-state index in [-0.39, 0.29) is 23.9 Å². The summed E-state index contributed by atoms with van der Waals surface area (Å²) in [6, 6.07) is 4.05.